The van der Waals surface area contributed by atoms with Crippen LogP contribution in [0.4, 0.5) is 11.4 Å². The molecule has 0 fully saturated rings. The Kier molecular flexibility index (Phi) is 2.94. The fraction of sp³-hybridized carbons (Fsp3) is 0.0714. The Bertz CT molecular complexity index is 697. The zero-order valence-electron chi connectivity index (χ0n) is 10.2. The molecule has 0 radical (unpaired) electrons. The van der Waals surface area contributed by atoms with Gasteiger partial charge in [-0.05, 0) is 24.3 Å². The highest BCUT2D eigenvalue weighted by atomic mass is 14.9. The van der Waals surface area contributed by atoms with Crippen molar-refractivity contribution in [3.63, 3.8) is 0 Å². The Labute approximate surface area is 110 Å². The quantitative estimate of drug-likeness (QED) is 0.698. The maximum atomic E-state index is 5.96. The van der Waals surface area contributed by atoms with Gasteiger partial charge in [0.05, 0.1) is 12.2 Å². The predicted octanol–water partition coefficient (Wildman–Crippen LogP) is 2.22. The summed E-state index contributed by atoms with van der Waals surface area (Å²) in [4.78, 5) is 12.2. The van der Waals surface area contributed by atoms with Crippen LogP contribution >= 0.6 is 0 Å². The third kappa shape index (κ3) is 2.30. The topological polar surface area (TPSA) is 76.7 Å². The van der Waals surface area contributed by atoms with Crippen LogP contribution in [0.3, 0.4) is 0 Å². The van der Waals surface area contributed by atoms with Gasteiger partial charge in [-0.1, -0.05) is 0 Å². The van der Waals surface area contributed by atoms with Gasteiger partial charge in [-0.25, -0.2) is 9.97 Å². The first-order valence-electron chi connectivity index (χ1n) is 5.95. The van der Waals surface area contributed by atoms with Crippen LogP contribution in [0.15, 0.2) is 49.2 Å². The van der Waals surface area contributed by atoms with Crippen molar-refractivity contribution in [1.29, 1.82) is 0 Å². The number of anilines is 2. The number of aromatic nitrogens is 3. The number of benzene rings is 1. The molecule has 0 saturated carbocycles. The largest absolute Gasteiger partial charge is 0.398 e. The summed E-state index contributed by atoms with van der Waals surface area (Å²) >= 11 is 0. The van der Waals surface area contributed by atoms with Crippen LogP contribution in [0.25, 0.3) is 10.8 Å². The van der Waals surface area contributed by atoms with Gasteiger partial charge in [0.15, 0.2) is 0 Å². The molecule has 0 aliphatic rings. The van der Waals surface area contributed by atoms with Gasteiger partial charge in [0.2, 0.25) is 0 Å². The molecule has 19 heavy (non-hydrogen) atoms. The minimum Gasteiger partial charge on any atom is -0.398 e. The van der Waals surface area contributed by atoms with Crippen LogP contribution < -0.4 is 11.1 Å². The normalized spacial score (nSPS) is 10.5. The zero-order chi connectivity index (χ0) is 13.1. The molecule has 0 amide bonds. The van der Waals surface area contributed by atoms with Crippen LogP contribution in [-0.2, 0) is 6.54 Å². The lowest BCUT2D eigenvalue weighted by atomic mass is 10.1. The van der Waals surface area contributed by atoms with Crippen molar-refractivity contribution < 1.29 is 0 Å². The molecule has 1 aromatic carbocycles. The van der Waals surface area contributed by atoms with Crippen LogP contribution in [0.2, 0.25) is 0 Å². The Hall–Kier alpha value is -2.69. The number of hydrogen-bond donors (Lipinski definition) is 2. The van der Waals surface area contributed by atoms with Gasteiger partial charge in [-0.3, -0.25) is 4.98 Å². The first-order chi connectivity index (χ1) is 9.34. The minimum absolute atomic E-state index is 0.635. The summed E-state index contributed by atoms with van der Waals surface area (Å²) in [6.07, 6.45) is 6.83. The van der Waals surface area contributed by atoms with Gasteiger partial charge >= 0.3 is 0 Å². The highest BCUT2D eigenvalue weighted by molar-refractivity contribution is 6.00. The van der Waals surface area contributed by atoms with Gasteiger partial charge in [-0.15, -0.1) is 0 Å². The van der Waals surface area contributed by atoms with Gasteiger partial charge in [0, 0.05) is 40.7 Å². The molecule has 0 aliphatic carbocycles. The summed E-state index contributed by atoms with van der Waals surface area (Å²) < 4.78 is 0. The summed E-state index contributed by atoms with van der Waals surface area (Å²) in [7, 11) is 0. The second-order valence-corrected chi connectivity index (χ2v) is 4.18. The lowest BCUT2D eigenvalue weighted by Gasteiger charge is -2.10. The van der Waals surface area contributed by atoms with Crippen molar-refractivity contribution in [2.24, 2.45) is 0 Å². The monoisotopic (exact) mass is 251 g/mol. The fourth-order valence-electron chi connectivity index (χ4n) is 1.98. The third-order valence-corrected chi connectivity index (χ3v) is 2.95. The number of nitrogens with one attached hydrogen (secondary N) is 1. The molecule has 0 spiro atoms. The van der Waals surface area contributed by atoms with Gasteiger partial charge < -0.3 is 11.1 Å². The van der Waals surface area contributed by atoms with E-state index in [0.29, 0.717) is 6.54 Å². The van der Waals surface area contributed by atoms with E-state index in [-0.39, 0.29) is 0 Å². The average Bonchev–Trinajstić information content (AvgIpc) is 2.48. The van der Waals surface area contributed by atoms with Crippen molar-refractivity contribution in [3.05, 3.63) is 54.9 Å². The van der Waals surface area contributed by atoms with E-state index < -0.39 is 0 Å². The zero-order valence-corrected chi connectivity index (χ0v) is 10.2. The van der Waals surface area contributed by atoms with E-state index in [9.17, 15) is 0 Å². The van der Waals surface area contributed by atoms with E-state index in [2.05, 4.69) is 20.3 Å². The second kappa shape index (κ2) is 4.89. The second-order valence-electron chi connectivity index (χ2n) is 4.18. The molecular weight excluding hydrogens is 238 g/mol. The van der Waals surface area contributed by atoms with Gasteiger partial charge in [0.1, 0.15) is 6.33 Å². The number of rotatable bonds is 3. The lowest BCUT2D eigenvalue weighted by molar-refractivity contribution is 1.01. The number of hydrogen-bond acceptors (Lipinski definition) is 5. The van der Waals surface area contributed by atoms with Gasteiger partial charge in [-0.2, -0.15) is 0 Å². The minimum atomic E-state index is 0.635. The summed E-state index contributed by atoms with van der Waals surface area (Å²) in [6, 6.07) is 7.65. The third-order valence-electron chi connectivity index (χ3n) is 2.95. The fourth-order valence-corrected chi connectivity index (χ4v) is 1.98. The van der Waals surface area contributed by atoms with Crippen LogP contribution in [0, 0.1) is 0 Å². The molecule has 3 rings (SSSR count). The Morgan fingerprint density at radius 3 is 2.74 bits per heavy atom. The molecule has 3 N–H and O–H groups in total. The maximum absolute atomic E-state index is 5.96. The Morgan fingerprint density at radius 1 is 1.00 bits per heavy atom. The van der Waals surface area contributed by atoms with Crippen LogP contribution in [-0.4, -0.2) is 15.0 Å². The van der Waals surface area contributed by atoms with Crippen molar-refractivity contribution in [2.75, 3.05) is 11.1 Å². The molecule has 5 heteroatoms. The van der Waals surface area contributed by atoms with Crippen LogP contribution in [0.5, 0.6) is 0 Å². The molecule has 2 heterocycles. The molecule has 0 bridgehead atoms. The summed E-state index contributed by atoms with van der Waals surface area (Å²) in [5, 5.41) is 5.36. The molecule has 0 saturated heterocycles. The predicted molar refractivity (Wildman–Crippen MR) is 75.5 cm³/mol. The summed E-state index contributed by atoms with van der Waals surface area (Å²) in [5.74, 6) is 0. The van der Waals surface area contributed by atoms with E-state index >= 15 is 0 Å². The highest BCUT2D eigenvalue weighted by Crippen LogP contribution is 2.27. The molecular formula is C14H13N5. The van der Waals surface area contributed by atoms with Crippen LogP contribution in [0.1, 0.15) is 5.69 Å². The number of pyridine rings is 1. The van der Waals surface area contributed by atoms with Crippen molar-refractivity contribution in [3.8, 4) is 0 Å². The van der Waals surface area contributed by atoms with Crippen molar-refractivity contribution in [1.82, 2.24) is 15.0 Å². The molecule has 0 aliphatic heterocycles. The molecule has 5 nitrogen and oxygen atoms in total. The summed E-state index contributed by atoms with van der Waals surface area (Å²) in [6.45, 7) is 0.635. The van der Waals surface area contributed by atoms with Crippen molar-refractivity contribution in [2.45, 2.75) is 6.54 Å². The molecule has 94 valence electrons. The number of nitrogens with zero attached hydrogens (tertiary/aromatic N) is 3. The molecule has 3 aromatic rings. The van der Waals surface area contributed by atoms with E-state index in [1.54, 1.807) is 18.7 Å². The Morgan fingerprint density at radius 2 is 1.89 bits per heavy atom. The first-order valence-corrected chi connectivity index (χ1v) is 5.95. The van der Waals surface area contributed by atoms with E-state index in [1.807, 2.05) is 30.5 Å². The molecule has 0 atom stereocenters. The molecule has 0 unspecified atom stereocenters. The van der Waals surface area contributed by atoms with E-state index in [0.717, 1.165) is 27.8 Å². The first kappa shape index (κ1) is 11.4. The van der Waals surface area contributed by atoms with Crippen molar-refractivity contribution >= 4 is 22.1 Å². The molecule has 2 aromatic heterocycles. The maximum Gasteiger partial charge on any atom is 0.115 e. The Balaban J connectivity index is 1.91. The highest BCUT2D eigenvalue weighted by Gasteiger charge is 2.04. The SMILES string of the molecule is Nc1ccc(NCc2ccncn2)c2cnccc12. The van der Waals surface area contributed by atoms with E-state index in [4.69, 9.17) is 5.73 Å². The van der Waals surface area contributed by atoms with E-state index in [1.165, 1.54) is 0 Å². The van der Waals surface area contributed by atoms with Gasteiger partial charge in [0.25, 0.3) is 0 Å². The standard InChI is InChI=1S/C14H13N5/c15-13-1-2-14(12-8-16-6-4-11(12)13)18-7-10-3-5-17-9-19-10/h1-6,8-9,18H,7,15H2. The average molecular weight is 251 g/mol. The smallest absolute Gasteiger partial charge is 0.115 e. The number of nitrogen functional groups attached to an aromatic ring is 1. The number of nitrogens with two attached hydrogens (primary N) is 1. The summed E-state index contributed by atoms with van der Waals surface area (Å²) in [5.41, 5.74) is 8.64. The lowest BCUT2D eigenvalue weighted by Crippen LogP contribution is -2.02. The number of fused-ring (bicyclic) bond motifs is 1.